The van der Waals surface area contributed by atoms with Crippen LogP contribution in [-0.2, 0) is 14.1 Å². The van der Waals surface area contributed by atoms with Gasteiger partial charge in [0, 0.05) is 6.54 Å². The lowest BCUT2D eigenvalue weighted by Gasteiger charge is -2.32. The molecule has 2 atom stereocenters. The number of ether oxygens (including phenoxy) is 1. The van der Waals surface area contributed by atoms with E-state index in [2.05, 4.69) is 15.3 Å². The molecule has 0 aliphatic carbocycles. The summed E-state index contributed by atoms with van der Waals surface area (Å²) in [7, 11) is -0.420. The predicted octanol–water partition coefficient (Wildman–Crippen LogP) is 4.85. The summed E-state index contributed by atoms with van der Waals surface area (Å²) in [6.07, 6.45) is 2.80. The molecule has 216 valence electrons. The van der Waals surface area contributed by atoms with Crippen LogP contribution >= 0.6 is 0 Å². The lowest BCUT2D eigenvalue weighted by Crippen LogP contribution is -2.51. The number of rotatable bonds is 7. The number of carbonyl (C=O) groups is 2. The highest BCUT2D eigenvalue weighted by Crippen LogP contribution is 2.37. The number of carbonyl (C=O) groups excluding carboxylic acids is 2. The molecule has 2 amide bonds. The van der Waals surface area contributed by atoms with Crippen molar-refractivity contribution < 1.29 is 23.6 Å². The first-order chi connectivity index (χ1) is 19.4. The Bertz CT molecular complexity index is 1360. The van der Waals surface area contributed by atoms with Crippen molar-refractivity contribution in [1.82, 2.24) is 20.2 Å². The van der Waals surface area contributed by atoms with Gasteiger partial charge in [0.05, 0.1) is 29.1 Å². The molecule has 10 heteroatoms. The van der Waals surface area contributed by atoms with Crippen molar-refractivity contribution in [3.05, 3.63) is 66.6 Å². The van der Waals surface area contributed by atoms with Crippen LogP contribution in [0, 0.1) is 5.92 Å². The van der Waals surface area contributed by atoms with Gasteiger partial charge in [-0.2, -0.15) is 0 Å². The molecule has 3 aromatic rings. The van der Waals surface area contributed by atoms with Gasteiger partial charge < -0.3 is 29.2 Å². The second-order valence-corrected chi connectivity index (χ2v) is 12.2. The van der Waals surface area contributed by atoms with E-state index in [4.69, 9.17) is 14.0 Å². The zero-order valence-corrected chi connectivity index (χ0v) is 24.6. The summed E-state index contributed by atoms with van der Waals surface area (Å²) in [6.45, 7) is 12.6. The first-order valence-corrected chi connectivity index (χ1v) is 14.3. The monoisotopic (exact) mass is 558 g/mol. The average Bonchev–Trinajstić information content (AvgIpc) is 3.65. The third kappa shape index (κ3) is 6.04. The van der Waals surface area contributed by atoms with E-state index in [0.29, 0.717) is 12.3 Å². The van der Waals surface area contributed by atoms with Crippen molar-refractivity contribution in [3.8, 4) is 17.0 Å². The van der Waals surface area contributed by atoms with Crippen molar-refractivity contribution >= 4 is 24.6 Å². The van der Waals surface area contributed by atoms with Gasteiger partial charge >= 0.3 is 13.2 Å². The van der Waals surface area contributed by atoms with Gasteiger partial charge in [-0.05, 0) is 69.6 Å². The molecule has 2 N–H and O–H groups in total. The Kier molecular flexibility index (Phi) is 7.99. The molecule has 0 saturated carbocycles. The fraction of sp³-hybridized carbons (Fsp3) is 0.452. The summed E-state index contributed by atoms with van der Waals surface area (Å²) >= 11 is 0. The number of benzene rings is 2. The first-order valence-electron chi connectivity index (χ1n) is 14.3. The average molecular weight is 558 g/mol. The zero-order chi connectivity index (χ0) is 29.4. The SMILES string of the molecule is CC(C)[C@H](NC(=O)Oc1ccccc1)C(=O)N1CCC[C@H]1c1ncc(-c2ccc(B3OC(C)(C)C(C)(C)O3)cc2)[nH]1. The standard InChI is InChI=1S/C31H39BN4O5/c1-20(2)26(35-29(38)39-23-11-8-7-9-12-23)28(37)36-18-10-13-25(36)27-33-19-24(34-27)21-14-16-22(17-15-21)32-40-30(3,4)31(5,6)41-32/h7-9,11-12,14-17,19-20,25-26H,10,13,18H2,1-6H3,(H,33,34)(H,35,38)/t25-,26-/m0/s1. The number of imidazole rings is 1. The minimum absolute atomic E-state index is 0.123. The molecule has 9 nitrogen and oxygen atoms in total. The molecule has 0 bridgehead atoms. The number of para-hydroxylation sites is 1. The van der Waals surface area contributed by atoms with Crippen molar-refractivity contribution in [2.45, 2.75) is 77.7 Å². The highest BCUT2D eigenvalue weighted by atomic mass is 16.7. The minimum atomic E-state index is -0.719. The molecule has 2 fully saturated rings. The summed E-state index contributed by atoms with van der Waals surface area (Å²) in [5.41, 5.74) is 2.00. The second kappa shape index (κ2) is 11.3. The van der Waals surface area contributed by atoms with Gasteiger partial charge in [0.15, 0.2) is 0 Å². The molecule has 1 aromatic heterocycles. The summed E-state index contributed by atoms with van der Waals surface area (Å²) < 4.78 is 17.7. The fourth-order valence-electron chi connectivity index (χ4n) is 5.21. The molecule has 0 radical (unpaired) electrons. The maximum Gasteiger partial charge on any atom is 0.494 e. The smallest absolute Gasteiger partial charge is 0.410 e. The van der Waals surface area contributed by atoms with Crippen molar-refractivity contribution in [2.24, 2.45) is 5.92 Å². The van der Waals surface area contributed by atoms with E-state index in [9.17, 15) is 9.59 Å². The van der Waals surface area contributed by atoms with Crippen LogP contribution in [0.3, 0.4) is 0 Å². The van der Waals surface area contributed by atoms with Crippen LogP contribution in [0.2, 0.25) is 0 Å². The van der Waals surface area contributed by atoms with Crippen molar-refractivity contribution in [1.29, 1.82) is 0 Å². The van der Waals surface area contributed by atoms with Gasteiger partial charge in [0.2, 0.25) is 5.91 Å². The van der Waals surface area contributed by atoms with Crippen LogP contribution < -0.4 is 15.5 Å². The molecule has 2 aliphatic rings. The maximum atomic E-state index is 13.7. The molecule has 0 unspecified atom stereocenters. The van der Waals surface area contributed by atoms with E-state index >= 15 is 0 Å². The van der Waals surface area contributed by atoms with Gasteiger partial charge in [-0.25, -0.2) is 9.78 Å². The third-order valence-electron chi connectivity index (χ3n) is 8.35. The fourth-order valence-corrected chi connectivity index (χ4v) is 5.21. The predicted molar refractivity (Wildman–Crippen MR) is 158 cm³/mol. The summed E-state index contributed by atoms with van der Waals surface area (Å²) in [5.74, 6) is 0.889. The number of hydrogen-bond acceptors (Lipinski definition) is 6. The Balaban J connectivity index is 1.26. The highest BCUT2D eigenvalue weighted by molar-refractivity contribution is 6.62. The summed E-state index contributed by atoms with van der Waals surface area (Å²) in [6, 6.07) is 15.9. The Labute approximate surface area is 242 Å². The van der Waals surface area contributed by atoms with E-state index in [1.807, 2.05) is 76.8 Å². The lowest BCUT2D eigenvalue weighted by atomic mass is 9.79. The number of hydrogen-bond donors (Lipinski definition) is 2. The van der Waals surface area contributed by atoms with Crippen LogP contribution in [0.25, 0.3) is 11.3 Å². The molecular formula is C31H39BN4O5. The lowest BCUT2D eigenvalue weighted by molar-refractivity contribution is -0.135. The minimum Gasteiger partial charge on any atom is -0.410 e. The second-order valence-electron chi connectivity index (χ2n) is 12.2. The molecule has 3 heterocycles. The molecule has 41 heavy (non-hydrogen) atoms. The molecule has 2 saturated heterocycles. The van der Waals surface area contributed by atoms with E-state index < -0.39 is 30.5 Å². The Morgan fingerprint density at radius 1 is 1.05 bits per heavy atom. The van der Waals surface area contributed by atoms with Crippen molar-refractivity contribution in [2.75, 3.05) is 6.54 Å². The normalized spacial score (nSPS) is 20.3. The van der Waals surface area contributed by atoms with Crippen LogP contribution in [0.5, 0.6) is 5.75 Å². The van der Waals surface area contributed by atoms with E-state index in [1.54, 1.807) is 30.5 Å². The van der Waals surface area contributed by atoms with Crippen molar-refractivity contribution in [3.63, 3.8) is 0 Å². The van der Waals surface area contributed by atoms with Crippen LogP contribution in [-0.4, -0.2) is 57.8 Å². The van der Waals surface area contributed by atoms with E-state index in [-0.39, 0.29) is 17.9 Å². The largest absolute Gasteiger partial charge is 0.494 e. The Morgan fingerprint density at radius 3 is 2.34 bits per heavy atom. The van der Waals surface area contributed by atoms with Gasteiger partial charge in [0.25, 0.3) is 0 Å². The molecular weight excluding hydrogens is 519 g/mol. The number of nitrogens with zero attached hydrogens (tertiary/aromatic N) is 2. The topological polar surface area (TPSA) is 106 Å². The van der Waals surface area contributed by atoms with Crippen LogP contribution in [0.1, 0.15) is 66.3 Å². The van der Waals surface area contributed by atoms with Gasteiger partial charge in [-0.1, -0.05) is 56.3 Å². The quantitative estimate of drug-likeness (QED) is 0.402. The van der Waals surface area contributed by atoms with Gasteiger partial charge in [-0.3, -0.25) is 4.79 Å². The van der Waals surface area contributed by atoms with E-state index in [1.165, 1.54) is 0 Å². The molecule has 0 spiro atoms. The highest BCUT2D eigenvalue weighted by Gasteiger charge is 2.51. The van der Waals surface area contributed by atoms with Gasteiger partial charge in [-0.15, -0.1) is 0 Å². The number of likely N-dealkylation sites (tertiary alicyclic amines) is 1. The number of H-pyrrole nitrogens is 1. The maximum absolute atomic E-state index is 13.7. The Morgan fingerprint density at radius 2 is 1.71 bits per heavy atom. The summed E-state index contributed by atoms with van der Waals surface area (Å²) in [4.78, 5) is 36.2. The molecule has 2 aromatic carbocycles. The number of aromatic amines is 1. The molecule has 2 aliphatic heterocycles. The zero-order valence-electron chi connectivity index (χ0n) is 24.6. The first kappa shape index (κ1) is 28.9. The Hall–Kier alpha value is -3.63. The number of amides is 2. The van der Waals surface area contributed by atoms with Crippen LogP contribution in [0.4, 0.5) is 4.79 Å². The third-order valence-corrected chi connectivity index (χ3v) is 8.35. The number of nitrogens with one attached hydrogen (secondary N) is 2. The molecule has 5 rings (SSSR count). The van der Waals surface area contributed by atoms with Gasteiger partial charge in [0.1, 0.15) is 17.6 Å². The number of aromatic nitrogens is 2. The van der Waals surface area contributed by atoms with Crippen LogP contribution in [0.15, 0.2) is 60.8 Å². The summed E-state index contributed by atoms with van der Waals surface area (Å²) in [5, 5.41) is 2.78. The van der Waals surface area contributed by atoms with E-state index in [0.717, 1.165) is 35.4 Å².